The van der Waals surface area contributed by atoms with E-state index in [1.165, 1.54) is 12.1 Å². The number of ketones is 2. The van der Waals surface area contributed by atoms with E-state index in [1.807, 2.05) is 0 Å². The molecule has 0 aliphatic rings. The van der Waals surface area contributed by atoms with Gasteiger partial charge in [0.15, 0.2) is 0 Å². The molecule has 0 bridgehead atoms. The average molecular weight is 296 g/mol. The Morgan fingerprint density at radius 2 is 1.32 bits per heavy atom. The van der Waals surface area contributed by atoms with E-state index in [0.717, 1.165) is 5.56 Å². The van der Waals surface area contributed by atoms with E-state index in [9.17, 15) is 14.4 Å². The molecule has 112 valence electrons. The predicted molar refractivity (Wildman–Crippen MR) is 82.2 cm³/mol. The normalized spacial score (nSPS) is 10.1. The first-order valence-electron chi connectivity index (χ1n) is 6.97. The largest absolute Gasteiger partial charge is 0.462 e. The van der Waals surface area contributed by atoms with E-state index in [0.29, 0.717) is 5.56 Å². The minimum absolute atomic E-state index is 0.0641. The highest BCUT2D eigenvalue weighted by molar-refractivity contribution is 6.50. The topological polar surface area (TPSA) is 60.4 Å². The van der Waals surface area contributed by atoms with Crippen molar-refractivity contribution in [3.63, 3.8) is 0 Å². The van der Waals surface area contributed by atoms with Crippen molar-refractivity contribution in [2.75, 3.05) is 6.61 Å². The molecule has 0 saturated carbocycles. The number of benzene rings is 2. The summed E-state index contributed by atoms with van der Waals surface area (Å²) in [5.41, 5.74) is 1.23. The van der Waals surface area contributed by atoms with E-state index in [4.69, 9.17) is 4.74 Å². The molecule has 0 fully saturated rings. The van der Waals surface area contributed by atoms with Gasteiger partial charge in [-0.25, -0.2) is 4.79 Å². The van der Waals surface area contributed by atoms with Crippen molar-refractivity contribution in [2.24, 2.45) is 0 Å². The summed E-state index contributed by atoms with van der Waals surface area (Å²) in [4.78, 5) is 36.8. The maximum absolute atomic E-state index is 12.5. The van der Waals surface area contributed by atoms with Crippen LogP contribution >= 0.6 is 0 Å². The van der Waals surface area contributed by atoms with Crippen LogP contribution in [0, 0.1) is 6.92 Å². The first kappa shape index (κ1) is 15.6. The Bertz CT molecular complexity index is 731. The first-order valence-corrected chi connectivity index (χ1v) is 6.97. The van der Waals surface area contributed by atoms with Gasteiger partial charge in [-0.3, -0.25) is 9.59 Å². The van der Waals surface area contributed by atoms with Gasteiger partial charge in [0.05, 0.1) is 12.2 Å². The van der Waals surface area contributed by atoms with Crippen molar-refractivity contribution in [1.82, 2.24) is 0 Å². The van der Waals surface area contributed by atoms with E-state index in [2.05, 4.69) is 0 Å². The van der Waals surface area contributed by atoms with Crippen molar-refractivity contribution in [1.29, 1.82) is 0 Å². The Labute approximate surface area is 128 Å². The smallest absolute Gasteiger partial charge is 0.338 e. The van der Waals surface area contributed by atoms with Gasteiger partial charge < -0.3 is 4.74 Å². The van der Waals surface area contributed by atoms with E-state index in [-0.39, 0.29) is 17.7 Å². The molecule has 0 saturated heterocycles. The van der Waals surface area contributed by atoms with Gasteiger partial charge in [0.25, 0.3) is 0 Å². The van der Waals surface area contributed by atoms with Crippen LogP contribution in [-0.2, 0) is 4.74 Å². The van der Waals surface area contributed by atoms with Crippen molar-refractivity contribution >= 4 is 17.5 Å². The second kappa shape index (κ2) is 6.80. The molecule has 0 atom stereocenters. The summed E-state index contributed by atoms with van der Waals surface area (Å²) in [5, 5.41) is 0. The number of Topliss-reactive ketones (excluding diaryl/α,β-unsaturated/α-hetero) is 2. The summed E-state index contributed by atoms with van der Waals surface area (Å²) < 4.78 is 4.93. The van der Waals surface area contributed by atoms with Gasteiger partial charge >= 0.3 is 5.97 Å². The van der Waals surface area contributed by atoms with Crippen LogP contribution in [0.2, 0.25) is 0 Å². The molecule has 0 aromatic heterocycles. The van der Waals surface area contributed by atoms with Gasteiger partial charge in [0, 0.05) is 11.1 Å². The molecule has 0 radical (unpaired) electrons. The minimum atomic E-state index is -0.710. The molecule has 0 aliphatic carbocycles. The maximum Gasteiger partial charge on any atom is 0.338 e. The Hall–Kier alpha value is -2.75. The zero-order valence-electron chi connectivity index (χ0n) is 12.5. The first-order chi connectivity index (χ1) is 10.6. The van der Waals surface area contributed by atoms with Crippen molar-refractivity contribution < 1.29 is 19.1 Å². The molecule has 2 rings (SSSR count). The number of hydrogen-bond donors (Lipinski definition) is 0. The summed E-state index contributed by atoms with van der Waals surface area (Å²) in [6, 6.07) is 13.0. The van der Waals surface area contributed by atoms with Gasteiger partial charge in [-0.2, -0.15) is 0 Å². The molecule has 0 heterocycles. The second-order valence-corrected chi connectivity index (χ2v) is 4.74. The number of rotatable bonds is 5. The Morgan fingerprint density at radius 1 is 0.818 bits per heavy atom. The summed E-state index contributed by atoms with van der Waals surface area (Å²) in [7, 11) is 0. The fourth-order valence-electron chi connectivity index (χ4n) is 2.14. The van der Waals surface area contributed by atoms with Crippen LogP contribution in [0.4, 0.5) is 0 Å². The van der Waals surface area contributed by atoms with Gasteiger partial charge in [-0.15, -0.1) is 0 Å². The van der Waals surface area contributed by atoms with Gasteiger partial charge in [-0.1, -0.05) is 42.5 Å². The summed E-state index contributed by atoms with van der Waals surface area (Å²) in [5.74, 6) is -1.95. The van der Waals surface area contributed by atoms with Crippen LogP contribution in [-0.4, -0.2) is 24.1 Å². The third-order valence-corrected chi connectivity index (χ3v) is 3.26. The lowest BCUT2D eigenvalue weighted by atomic mass is 9.95. The summed E-state index contributed by atoms with van der Waals surface area (Å²) in [6.07, 6.45) is 0. The van der Waals surface area contributed by atoms with E-state index in [1.54, 1.807) is 50.2 Å². The third kappa shape index (κ3) is 3.11. The van der Waals surface area contributed by atoms with E-state index < -0.39 is 17.5 Å². The van der Waals surface area contributed by atoms with Crippen LogP contribution in [0.25, 0.3) is 0 Å². The minimum Gasteiger partial charge on any atom is -0.462 e. The highest BCUT2D eigenvalue weighted by Gasteiger charge is 2.24. The molecular weight excluding hydrogens is 280 g/mol. The van der Waals surface area contributed by atoms with Crippen molar-refractivity contribution in [3.8, 4) is 0 Å². The Kier molecular flexibility index (Phi) is 4.84. The highest BCUT2D eigenvalue weighted by atomic mass is 16.5. The van der Waals surface area contributed by atoms with Crippen LogP contribution in [0.15, 0.2) is 48.5 Å². The quantitative estimate of drug-likeness (QED) is 0.483. The van der Waals surface area contributed by atoms with Crippen molar-refractivity contribution in [2.45, 2.75) is 13.8 Å². The number of aryl methyl sites for hydroxylation is 1. The Balaban J connectivity index is 2.40. The number of carbonyl (C=O) groups excluding carboxylic acids is 3. The summed E-state index contributed by atoms with van der Waals surface area (Å²) in [6.45, 7) is 3.64. The predicted octanol–water partition coefficient (Wildman–Crippen LogP) is 3.24. The maximum atomic E-state index is 12.5. The monoisotopic (exact) mass is 296 g/mol. The highest BCUT2D eigenvalue weighted by Crippen LogP contribution is 2.16. The zero-order valence-corrected chi connectivity index (χ0v) is 12.5. The molecule has 0 N–H and O–H groups in total. The second-order valence-electron chi connectivity index (χ2n) is 4.74. The lowest BCUT2D eigenvalue weighted by molar-refractivity contribution is 0.0523. The van der Waals surface area contributed by atoms with Crippen LogP contribution in [0.3, 0.4) is 0 Å². The fraction of sp³-hybridized carbons (Fsp3) is 0.167. The number of esters is 1. The molecule has 0 spiro atoms. The number of carbonyl (C=O) groups is 3. The molecule has 2 aromatic carbocycles. The lowest BCUT2D eigenvalue weighted by Gasteiger charge is -2.08. The lowest BCUT2D eigenvalue weighted by Crippen LogP contribution is -2.19. The SMILES string of the molecule is CCOC(=O)c1ccccc1C(=O)C(=O)c1ccccc1C. The number of ether oxygens (including phenoxy) is 1. The van der Waals surface area contributed by atoms with E-state index >= 15 is 0 Å². The number of hydrogen-bond acceptors (Lipinski definition) is 4. The molecule has 4 nitrogen and oxygen atoms in total. The summed E-state index contributed by atoms with van der Waals surface area (Å²) >= 11 is 0. The Morgan fingerprint density at radius 3 is 1.91 bits per heavy atom. The molecule has 0 unspecified atom stereocenters. The van der Waals surface area contributed by atoms with Crippen LogP contribution in [0.5, 0.6) is 0 Å². The van der Waals surface area contributed by atoms with Gasteiger partial charge in [0.2, 0.25) is 11.6 Å². The molecule has 0 aliphatic heterocycles. The molecule has 22 heavy (non-hydrogen) atoms. The van der Waals surface area contributed by atoms with Gasteiger partial charge in [-0.05, 0) is 25.5 Å². The van der Waals surface area contributed by atoms with Crippen LogP contribution in [0.1, 0.15) is 43.6 Å². The zero-order chi connectivity index (χ0) is 16.1. The average Bonchev–Trinajstić information content (AvgIpc) is 2.54. The third-order valence-electron chi connectivity index (χ3n) is 3.26. The standard InChI is InChI=1S/C18H16O4/c1-3-22-18(21)15-11-7-6-10-14(15)17(20)16(19)13-9-5-4-8-12(13)2/h4-11H,3H2,1-2H3. The fourth-order valence-corrected chi connectivity index (χ4v) is 2.14. The molecular formula is C18H16O4. The molecule has 4 heteroatoms. The molecule has 0 amide bonds. The van der Waals surface area contributed by atoms with Gasteiger partial charge in [0.1, 0.15) is 0 Å². The van der Waals surface area contributed by atoms with Crippen LogP contribution < -0.4 is 0 Å². The molecule has 2 aromatic rings. The van der Waals surface area contributed by atoms with Crippen molar-refractivity contribution in [3.05, 3.63) is 70.8 Å².